The third kappa shape index (κ3) is 3.44. The molecule has 2 N–H and O–H groups in total. The molecule has 0 heterocycles. The van der Waals surface area contributed by atoms with E-state index in [9.17, 15) is 18.0 Å². The predicted molar refractivity (Wildman–Crippen MR) is 72.1 cm³/mol. The maximum Gasteiger partial charge on any atom is 0.411 e. The zero-order valence-electron chi connectivity index (χ0n) is 10.9. The molecule has 0 unspecified atom stereocenters. The first-order valence-electron chi connectivity index (χ1n) is 5.87. The van der Waals surface area contributed by atoms with Gasteiger partial charge in [-0.2, -0.15) is 0 Å². The lowest BCUT2D eigenvalue weighted by molar-refractivity contribution is 0.187. The van der Waals surface area contributed by atoms with E-state index in [1.54, 1.807) is 0 Å². The molecule has 0 spiro atoms. The molecule has 0 aromatic heterocycles. The summed E-state index contributed by atoms with van der Waals surface area (Å²) in [6.07, 6.45) is -0.623. The molecule has 7 heteroatoms. The number of nitrogens with one attached hydrogen (secondary N) is 2. The number of anilines is 3. The van der Waals surface area contributed by atoms with Gasteiger partial charge < -0.3 is 10.1 Å². The number of methoxy groups -OCH3 is 1. The molecule has 21 heavy (non-hydrogen) atoms. The standard InChI is InChI=1S/C14H11F3N2O2/c1-21-14(20)19-9-4-2-8(3-5-9)18-11-7-6-10(15)12(16)13(11)17/h2-7,18H,1H3,(H,19,20). The molecule has 0 bridgehead atoms. The second-order valence-electron chi connectivity index (χ2n) is 4.04. The van der Waals surface area contributed by atoms with Crippen LogP contribution in [-0.2, 0) is 4.74 Å². The van der Waals surface area contributed by atoms with Gasteiger partial charge in [0, 0.05) is 11.4 Å². The molecular formula is C14H11F3N2O2. The topological polar surface area (TPSA) is 50.4 Å². The largest absolute Gasteiger partial charge is 0.453 e. The van der Waals surface area contributed by atoms with Gasteiger partial charge >= 0.3 is 6.09 Å². The summed E-state index contributed by atoms with van der Waals surface area (Å²) < 4.78 is 43.8. The van der Waals surface area contributed by atoms with Crippen LogP contribution in [0.25, 0.3) is 0 Å². The molecular weight excluding hydrogens is 285 g/mol. The van der Waals surface area contributed by atoms with Crippen LogP contribution >= 0.6 is 0 Å². The number of carbonyl (C=O) groups excluding carboxylic acids is 1. The van der Waals surface area contributed by atoms with Crippen molar-refractivity contribution in [3.05, 3.63) is 53.8 Å². The molecule has 2 aromatic rings. The molecule has 0 aliphatic heterocycles. The summed E-state index contributed by atoms with van der Waals surface area (Å²) in [6.45, 7) is 0. The fourth-order valence-corrected chi connectivity index (χ4v) is 1.58. The number of ether oxygens (including phenoxy) is 1. The van der Waals surface area contributed by atoms with E-state index in [1.807, 2.05) is 0 Å². The van der Waals surface area contributed by atoms with E-state index in [0.717, 1.165) is 12.1 Å². The lowest BCUT2D eigenvalue weighted by Gasteiger charge is -2.09. The van der Waals surface area contributed by atoms with Gasteiger partial charge in [0.25, 0.3) is 0 Å². The Kier molecular flexibility index (Phi) is 4.32. The summed E-state index contributed by atoms with van der Waals surface area (Å²) in [4.78, 5) is 11.0. The van der Waals surface area contributed by atoms with E-state index in [4.69, 9.17) is 0 Å². The van der Waals surface area contributed by atoms with Crippen LogP contribution in [0.2, 0.25) is 0 Å². The van der Waals surface area contributed by atoms with Gasteiger partial charge in [0.05, 0.1) is 12.8 Å². The van der Waals surface area contributed by atoms with Crippen molar-refractivity contribution in [2.24, 2.45) is 0 Å². The Morgan fingerprint density at radius 1 is 0.952 bits per heavy atom. The van der Waals surface area contributed by atoms with Crippen molar-refractivity contribution in [3.8, 4) is 0 Å². The second kappa shape index (κ2) is 6.17. The second-order valence-corrected chi connectivity index (χ2v) is 4.04. The van der Waals surface area contributed by atoms with Crippen molar-refractivity contribution < 1.29 is 22.7 Å². The number of benzene rings is 2. The van der Waals surface area contributed by atoms with Crippen molar-refractivity contribution in [2.45, 2.75) is 0 Å². The Bertz CT molecular complexity index is 660. The fraction of sp³-hybridized carbons (Fsp3) is 0.0714. The molecule has 0 atom stereocenters. The first-order chi connectivity index (χ1) is 10.0. The van der Waals surface area contributed by atoms with E-state index in [2.05, 4.69) is 15.4 Å². The molecule has 4 nitrogen and oxygen atoms in total. The van der Waals surface area contributed by atoms with E-state index in [-0.39, 0.29) is 5.69 Å². The molecule has 0 fully saturated rings. The van der Waals surface area contributed by atoms with Crippen LogP contribution in [0, 0.1) is 17.5 Å². The average molecular weight is 296 g/mol. The number of halogens is 3. The maximum atomic E-state index is 13.5. The highest BCUT2D eigenvalue weighted by atomic mass is 19.2. The Morgan fingerprint density at radius 2 is 1.57 bits per heavy atom. The molecule has 110 valence electrons. The highest BCUT2D eigenvalue weighted by molar-refractivity contribution is 5.84. The van der Waals surface area contributed by atoms with Gasteiger partial charge in [0.2, 0.25) is 0 Å². The van der Waals surface area contributed by atoms with Crippen molar-refractivity contribution >= 4 is 23.2 Å². The smallest absolute Gasteiger partial charge is 0.411 e. The summed E-state index contributed by atoms with van der Waals surface area (Å²) >= 11 is 0. The lowest BCUT2D eigenvalue weighted by atomic mass is 10.2. The molecule has 2 rings (SSSR count). The Balaban J connectivity index is 2.14. The number of hydrogen-bond acceptors (Lipinski definition) is 3. The van der Waals surface area contributed by atoms with E-state index >= 15 is 0 Å². The van der Waals surface area contributed by atoms with Gasteiger partial charge in [0.1, 0.15) is 0 Å². The molecule has 2 aromatic carbocycles. The number of rotatable bonds is 3. The third-order valence-electron chi connectivity index (χ3n) is 2.63. The van der Waals surface area contributed by atoms with Crippen molar-refractivity contribution in [1.82, 2.24) is 0 Å². The van der Waals surface area contributed by atoms with Gasteiger partial charge in [-0.05, 0) is 36.4 Å². The van der Waals surface area contributed by atoms with Crippen molar-refractivity contribution in [2.75, 3.05) is 17.7 Å². The predicted octanol–water partition coefficient (Wildman–Crippen LogP) is 4.03. The first kappa shape index (κ1) is 14.7. The molecule has 1 amide bonds. The van der Waals surface area contributed by atoms with Gasteiger partial charge in [-0.1, -0.05) is 0 Å². The van der Waals surface area contributed by atoms with Crippen molar-refractivity contribution in [1.29, 1.82) is 0 Å². The summed E-state index contributed by atoms with van der Waals surface area (Å²) in [5.41, 5.74) is 0.719. The normalized spacial score (nSPS) is 10.1. The summed E-state index contributed by atoms with van der Waals surface area (Å²) in [5.74, 6) is -4.09. The van der Waals surface area contributed by atoms with Crippen LogP contribution in [0.4, 0.5) is 35.0 Å². The Labute approximate surface area is 118 Å². The lowest BCUT2D eigenvalue weighted by Crippen LogP contribution is -2.10. The zero-order valence-corrected chi connectivity index (χ0v) is 10.9. The first-order valence-corrected chi connectivity index (χ1v) is 5.87. The molecule has 0 aliphatic carbocycles. The molecule has 0 radical (unpaired) electrons. The molecule has 0 saturated carbocycles. The van der Waals surface area contributed by atoms with Crippen molar-refractivity contribution in [3.63, 3.8) is 0 Å². The zero-order chi connectivity index (χ0) is 15.4. The molecule has 0 saturated heterocycles. The Morgan fingerprint density at radius 3 is 2.19 bits per heavy atom. The molecule has 0 aliphatic rings. The van der Waals surface area contributed by atoms with Crippen LogP contribution in [0.15, 0.2) is 36.4 Å². The maximum absolute atomic E-state index is 13.5. The highest BCUT2D eigenvalue weighted by Gasteiger charge is 2.13. The summed E-state index contributed by atoms with van der Waals surface area (Å²) in [5, 5.41) is 5.05. The van der Waals surface area contributed by atoms with Gasteiger partial charge in [-0.3, -0.25) is 5.32 Å². The van der Waals surface area contributed by atoms with Gasteiger partial charge in [-0.25, -0.2) is 18.0 Å². The van der Waals surface area contributed by atoms with Crippen LogP contribution in [0.5, 0.6) is 0 Å². The summed E-state index contributed by atoms with van der Waals surface area (Å²) in [7, 11) is 1.23. The third-order valence-corrected chi connectivity index (χ3v) is 2.63. The minimum absolute atomic E-state index is 0.192. The van der Waals surface area contributed by atoms with E-state index < -0.39 is 23.5 Å². The van der Waals surface area contributed by atoms with Crippen LogP contribution < -0.4 is 10.6 Å². The van der Waals surface area contributed by atoms with Gasteiger partial charge in [-0.15, -0.1) is 0 Å². The number of carbonyl (C=O) groups is 1. The number of amides is 1. The summed E-state index contributed by atoms with van der Waals surface area (Å²) in [6, 6.07) is 8.06. The SMILES string of the molecule is COC(=O)Nc1ccc(Nc2ccc(F)c(F)c2F)cc1. The van der Waals surface area contributed by atoms with Crippen LogP contribution in [-0.4, -0.2) is 13.2 Å². The minimum Gasteiger partial charge on any atom is -0.453 e. The van der Waals surface area contributed by atoms with E-state index in [1.165, 1.54) is 31.4 Å². The quantitative estimate of drug-likeness (QED) is 0.841. The Hall–Kier alpha value is -2.70. The highest BCUT2D eigenvalue weighted by Crippen LogP contribution is 2.24. The minimum atomic E-state index is -1.54. The van der Waals surface area contributed by atoms with Crippen LogP contribution in [0.3, 0.4) is 0 Å². The monoisotopic (exact) mass is 296 g/mol. The van der Waals surface area contributed by atoms with E-state index in [0.29, 0.717) is 11.4 Å². The number of hydrogen-bond donors (Lipinski definition) is 2. The van der Waals surface area contributed by atoms with Crippen LogP contribution in [0.1, 0.15) is 0 Å². The van der Waals surface area contributed by atoms with Gasteiger partial charge in [0.15, 0.2) is 17.5 Å². The average Bonchev–Trinajstić information content (AvgIpc) is 2.49. The fourth-order valence-electron chi connectivity index (χ4n) is 1.58.